The Morgan fingerprint density at radius 3 is 2.84 bits per heavy atom. The maximum absolute atomic E-state index is 12.3. The Morgan fingerprint density at radius 1 is 1.35 bits per heavy atom. The van der Waals surface area contributed by atoms with Gasteiger partial charge in [-0.2, -0.15) is 5.10 Å². The number of fused-ring (bicyclic) bond motifs is 1. The molecule has 3 aromatic rings. The summed E-state index contributed by atoms with van der Waals surface area (Å²) in [4.78, 5) is 25.6. The molecule has 0 fully saturated rings. The third-order valence-corrected chi connectivity index (χ3v) is 6.82. The molecule has 1 aliphatic heterocycles. The van der Waals surface area contributed by atoms with Crippen molar-refractivity contribution in [3.05, 3.63) is 63.3 Å². The van der Waals surface area contributed by atoms with E-state index in [0.717, 1.165) is 32.1 Å². The summed E-state index contributed by atoms with van der Waals surface area (Å²) in [6.45, 7) is 3.49. The van der Waals surface area contributed by atoms with Crippen LogP contribution in [0, 0.1) is 6.92 Å². The van der Waals surface area contributed by atoms with Gasteiger partial charge in [0.1, 0.15) is 11.9 Å². The normalized spacial score (nSPS) is 15.3. The lowest BCUT2D eigenvalue weighted by Crippen LogP contribution is -2.14. The third-order valence-electron chi connectivity index (χ3n) is 5.30. The number of hydrogen-bond donors (Lipinski definition) is 0. The average Bonchev–Trinajstić information content (AvgIpc) is 3.43. The largest absolute Gasteiger partial charge is 0.488 e. The molecule has 0 bridgehead atoms. The number of thiophene rings is 1. The Morgan fingerprint density at radius 2 is 2.16 bits per heavy atom. The molecule has 2 aromatic heterocycles. The van der Waals surface area contributed by atoms with Crippen LogP contribution in [0.15, 0.2) is 36.5 Å². The first kappa shape index (κ1) is 21.5. The fourth-order valence-corrected chi connectivity index (χ4v) is 4.90. The van der Waals surface area contributed by atoms with Crippen molar-refractivity contribution >= 4 is 40.6 Å². The number of carbonyl (C=O) groups excluding carboxylic acids is 2. The van der Waals surface area contributed by atoms with Crippen molar-refractivity contribution in [1.82, 2.24) is 9.78 Å². The van der Waals surface area contributed by atoms with Crippen LogP contribution in [-0.2, 0) is 18.3 Å². The molecule has 0 saturated heterocycles. The zero-order chi connectivity index (χ0) is 22.1. The van der Waals surface area contributed by atoms with Gasteiger partial charge < -0.3 is 4.74 Å². The first-order chi connectivity index (χ1) is 14.8. The van der Waals surface area contributed by atoms with Gasteiger partial charge in [0.05, 0.1) is 15.6 Å². The molecule has 0 saturated carbocycles. The minimum absolute atomic E-state index is 0.0595. The van der Waals surface area contributed by atoms with Crippen molar-refractivity contribution in [3.63, 3.8) is 0 Å². The Bertz CT molecular complexity index is 1190. The number of hydrogen-bond acceptors (Lipinski definition) is 5. The summed E-state index contributed by atoms with van der Waals surface area (Å²) in [5.74, 6) is 0.821. The number of allylic oxidation sites excluding steroid dienone is 1. The molecule has 1 unspecified atom stereocenters. The second kappa shape index (κ2) is 8.81. The molecule has 1 atom stereocenters. The molecule has 0 spiro atoms. The first-order valence-electron chi connectivity index (χ1n) is 10.1. The van der Waals surface area contributed by atoms with Crippen LogP contribution in [0.3, 0.4) is 0 Å². The Labute approximate surface area is 190 Å². The van der Waals surface area contributed by atoms with E-state index in [4.69, 9.17) is 16.3 Å². The highest BCUT2D eigenvalue weighted by Gasteiger charge is 2.26. The fourth-order valence-electron chi connectivity index (χ4n) is 3.72. The number of halogens is 1. The number of Topliss-reactive ketones (excluding diaryl/α,β-unsaturated/α-hetero) is 1. The van der Waals surface area contributed by atoms with Crippen molar-refractivity contribution in [2.45, 2.75) is 39.2 Å². The number of aromatic nitrogens is 2. The molecule has 0 N–H and O–H groups in total. The van der Waals surface area contributed by atoms with E-state index in [2.05, 4.69) is 11.2 Å². The maximum Gasteiger partial charge on any atom is 0.169 e. The monoisotopic (exact) mass is 454 g/mol. The SMILES string of the molecule is CC(=O)c1ccc(-c2cc(Cl)c3c(c2)CC(CCC(=O)/C=C/c2cn(C)nc2C)O3)s1. The second-order valence-electron chi connectivity index (χ2n) is 7.79. The molecule has 160 valence electrons. The molecule has 0 aliphatic carbocycles. The third kappa shape index (κ3) is 4.81. The standard InChI is InChI=1S/C24H23ClN2O3S/c1-14-16(13-27(3)26-14)4-5-19(29)6-7-20-11-18-10-17(12-21(25)24(18)30-20)23-9-8-22(31-23)15(2)28/h4-5,8-10,12-13,20H,6-7,11H2,1-3H3/b5-4+. The first-order valence-corrected chi connectivity index (χ1v) is 11.3. The van der Waals surface area contributed by atoms with Gasteiger partial charge in [-0.05, 0) is 62.2 Å². The highest BCUT2D eigenvalue weighted by Crippen LogP contribution is 2.41. The van der Waals surface area contributed by atoms with Gasteiger partial charge in [-0.3, -0.25) is 14.3 Å². The average molecular weight is 455 g/mol. The smallest absolute Gasteiger partial charge is 0.169 e. The van der Waals surface area contributed by atoms with Crippen LogP contribution >= 0.6 is 22.9 Å². The van der Waals surface area contributed by atoms with Crippen LogP contribution in [0.4, 0.5) is 0 Å². The summed E-state index contributed by atoms with van der Waals surface area (Å²) >= 11 is 7.95. The summed E-state index contributed by atoms with van der Waals surface area (Å²) in [5, 5.41) is 4.83. The van der Waals surface area contributed by atoms with Crippen molar-refractivity contribution in [2.75, 3.05) is 0 Å². The van der Waals surface area contributed by atoms with Crippen molar-refractivity contribution in [3.8, 4) is 16.2 Å². The molecular weight excluding hydrogens is 432 g/mol. The number of ketones is 2. The summed E-state index contributed by atoms with van der Waals surface area (Å²) in [5.41, 5.74) is 3.87. The number of nitrogens with zero attached hydrogens (tertiary/aromatic N) is 2. The summed E-state index contributed by atoms with van der Waals surface area (Å²) < 4.78 is 7.77. The number of benzene rings is 1. The van der Waals surface area contributed by atoms with E-state index in [-0.39, 0.29) is 17.7 Å². The van der Waals surface area contributed by atoms with E-state index < -0.39 is 0 Å². The molecule has 1 aliphatic rings. The van der Waals surface area contributed by atoms with Gasteiger partial charge in [0.25, 0.3) is 0 Å². The van der Waals surface area contributed by atoms with E-state index >= 15 is 0 Å². The molecule has 1 aromatic carbocycles. The van der Waals surface area contributed by atoms with Crippen LogP contribution in [0.2, 0.25) is 5.02 Å². The predicted octanol–water partition coefficient (Wildman–Crippen LogP) is 5.68. The van der Waals surface area contributed by atoms with Crippen LogP contribution in [0.1, 0.15) is 46.3 Å². The van der Waals surface area contributed by atoms with Crippen LogP contribution < -0.4 is 4.74 Å². The number of aryl methyl sites for hydroxylation is 2. The predicted molar refractivity (Wildman–Crippen MR) is 124 cm³/mol. The van der Waals surface area contributed by atoms with Gasteiger partial charge in [-0.25, -0.2) is 0 Å². The molecule has 0 amide bonds. The molecular formula is C24H23ClN2O3S. The highest BCUT2D eigenvalue weighted by atomic mass is 35.5. The number of ether oxygens (including phenoxy) is 1. The minimum atomic E-state index is -0.0728. The van der Waals surface area contributed by atoms with Crippen molar-refractivity contribution < 1.29 is 14.3 Å². The van der Waals surface area contributed by atoms with Gasteiger partial charge in [-0.1, -0.05) is 11.6 Å². The lowest BCUT2D eigenvalue weighted by Gasteiger charge is -2.10. The minimum Gasteiger partial charge on any atom is -0.488 e. The molecule has 5 nitrogen and oxygen atoms in total. The van der Waals surface area contributed by atoms with Gasteiger partial charge >= 0.3 is 0 Å². The van der Waals surface area contributed by atoms with Gasteiger partial charge in [0.2, 0.25) is 0 Å². The van der Waals surface area contributed by atoms with E-state index in [1.807, 2.05) is 44.4 Å². The topological polar surface area (TPSA) is 61.2 Å². The summed E-state index contributed by atoms with van der Waals surface area (Å²) in [7, 11) is 1.86. The van der Waals surface area contributed by atoms with Gasteiger partial charge in [0.15, 0.2) is 11.6 Å². The fraction of sp³-hybridized carbons (Fsp3) is 0.292. The number of carbonyl (C=O) groups is 2. The van der Waals surface area contributed by atoms with E-state index in [0.29, 0.717) is 30.0 Å². The maximum atomic E-state index is 12.3. The molecule has 3 heterocycles. The van der Waals surface area contributed by atoms with Gasteiger partial charge in [0, 0.05) is 42.1 Å². The highest BCUT2D eigenvalue weighted by molar-refractivity contribution is 7.17. The van der Waals surface area contributed by atoms with E-state index in [1.165, 1.54) is 11.3 Å². The van der Waals surface area contributed by atoms with Crippen LogP contribution in [0.25, 0.3) is 16.5 Å². The zero-order valence-electron chi connectivity index (χ0n) is 17.6. The van der Waals surface area contributed by atoms with Crippen LogP contribution in [0.5, 0.6) is 5.75 Å². The van der Waals surface area contributed by atoms with E-state index in [9.17, 15) is 9.59 Å². The van der Waals surface area contributed by atoms with Crippen LogP contribution in [-0.4, -0.2) is 27.5 Å². The Hall–Kier alpha value is -2.70. The Balaban J connectivity index is 1.39. The summed E-state index contributed by atoms with van der Waals surface area (Å²) in [6, 6.07) is 7.74. The molecule has 31 heavy (non-hydrogen) atoms. The number of rotatable bonds is 7. The quantitative estimate of drug-likeness (QED) is 0.340. The second-order valence-corrected chi connectivity index (χ2v) is 9.28. The van der Waals surface area contributed by atoms with Crippen molar-refractivity contribution in [1.29, 1.82) is 0 Å². The zero-order valence-corrected chi connectivity index (χ0v) is 19.2. The summed E-state index contributed by atoms with van der Waals surface area (Å²) in [6.07, 6.45) is 7.00. The molecule has 4 rings (SSSR count). The molecule has 0 radical (unpaired) electrons. The van der Waals surface area contributed by atoms with Crippen molar-refractivity contribution in [2.24, 2.45) is 7.05 Å². The Kier molecular flexibility index (Phi) is 6.12. The molecule has 7 heteroatoms. The van der Waals surface area contributed by atoms with E-state index in [1.54, 1.807) is 17.7 Å². The lowest BCUT2D eigenvalue weighted by molar-refractivity contribution is -0.114. The lowest BCUT2D eigenvalue weighted by atomic mass is 10.0. The van der Waals surface area contributed by atoms with Gasteiger partial charge in [-0.15, -0.1) is 11.3 Å².